The highest BCUT2D eigenvalue weighted by Gasteiger charge is 2.32. The number of hydrogen-bond donors (Lipinski definition) is 1. The lowest BCUT2D eigenvalue weighted by molar-refractivity contribution is -0.155. The van der Waals surface area contributed by atoms with Crippen LogP contribution in [-0.2, 0) is 23.9 Å². The third kappa shape index (κ3) is 12.5. The number of rotatable bonds is 11. The van der Waals surface area contributed by atoms with Crippen LogP contribution in [0.4, 0.5) is 9.18 Å². The minimum absolute atomic E-state index is 0.0225. The Morgan fingerprint density at radius 3 is 2.31 bits per heavy atom. The summed E-state index contributed by atoms with van der Waals surface area (Å²) in [6.07, 6.45) is 6.66. The lowest BCUT2D eigenvalue weighted by Gasteiger charge is -2.35. The van der Waals surface area contributed by atoms with E-state index in [9.17, 15) is 23.6 Å². The van der Waals surface area contributed by atoms with Crippen molar-refractivity contribution in [2.45, 2.75) is 104 Å². The predicted octanol–water partition coefficient (Wildman–Crippen LogP) is 4.98. The van der Waals surface area contributed by atoms with E-state index in [0.717, 1.165) is 19.3 Å². The first kappa shape index (κ1) is 36.0. The lowest BCUT2D eigenvalue weighted by atomic mass is 9.91. The molecule has 45 heavy (non-hydrogen) atoms. The zero-order valence-corrected chi connectivity index (χ0v) is 27.7. The zero-order chi connectivity index (χ0) is 33.2. The van der Waals surface area contributed by atoms with Gasteiger partial charge in [0.2, 0.25) is 11.8 Å². The predicted molar refractivity (Wildman–Crippen MR) is 166 cm³/mol. The van der Waals surface area contributed by atoms with Gasteiger partial charge >= 0.3 is 12.1 Å². The van der Waals surface area contributed by atoms with Crippen LogP contribution in [0.2, 0.25) is 0 Å². The first-order chi connectivity index (χ1) is 21.1. The molecule has 2 aliphatic heterocycles. The number of hydrogen-bond acceptors (Lipinski definition) is 8. The molecular weight excluding hydrogens is 583 g/mol. The van der Waals surface area contributed by atoms with E-state index < -0.39 is 35.8 Å². The number of carbonyl (C=O) groups excluding carboxylic acids is 4. The first-order valence-electron chi connectivity index (χ1n) is 16.0. The Kier molecular flexibility index (Phi) is 13.0. The molecule has 0 radical (unpaired) electrons. The van der Waals surface area contributed by atoms with Gasteiger partial charge in [0.1, 0.15) is 30.2 Å². The maximum atomic E-state index is 13.5. The number of carbonyl (C=O) groups is 4. The second-order valence-corrected chi connectivity index (χ2v) is 14.0. The number of nitrogens with zero attached hydrogens (tertiary/aromatic N) is 3. The van der Waals surface area contributed by atoms with Gasteiger partial charge in [-0.2, -0.15) is 0 Å². The molecule has 252 valence electrons. The Balaban J connectivity index is 1.56. The number of halogens is 1. The van der Waals surface area contributed by atoms with Crippen LogP contribution >= 0.6 is 0 Å². The van der Waals surface area contributed by atoms with Crippen LogP contribution < -0.4 is 10.1 Å². The SMILES string of the molecule is CC(C)(C)OC(=O)C[C@H](NC(=O)[C@@H]1CCCN(C(=O)CCC2CCN(C(=O)OC(C)(C)C)CC2)C1)c1cncc(OCCF)c1. The van der Waals surface area contributed by atoms with Crippen molar-refractivity contribution >= 4 is 23.9 Å². The number of pyridine rings is 1. The summed E-state index contributed by atoms with van der Waals surface area (Å²) < 4.78 is 29.0. The fraction of sp³-hybridized carbons (Fsp3) is 0.727. The molecule has 0 spiro atoms. The van der Waals surface area contributed by atoms with E-state index in [1.165, 1.54) is 12.4 Å². The van der Waals surface area contributed by atoms with E-state index in [0.29, 0.717) is 62.7 Å². The van der Waals surface area contributed by atoms with Crippen LogP contribution in [0.5, 0.6) is 5.75 Å². The largest absolute Gasteiger partial charge is 0.489 e. The quantitative estimate of drug-likeness (QED) is 0.338. The van der Waals surface area contributed by atoms with Crippen molar-refractivity contribution in [1.29, 1.82) is 0 Å². The van der Waals surface area contributed by atoms with Crippen molar-refractivity contribution in [2.24, 2.45) is 11.8 Å². The zero-order valence-electron chi connectivity index (χ0n) is 27.7. The normalized spacial score (nSPS) is 18.6. The summed E-state index contributed by atoms with van der Waals surface area (Å²) in [6.45, 7) is 12.2. The highest BCUT2D eigenvalue weighted by Crippen LogP contribution is 2.27. The maximum absolute atomic E-state index is 13.5. The van der Waals surface area contributed by atoms with Gasteiger partial charge in [-0.1, -0.05) is 0 Å². The smallest absolute Gasteiger partial charge is 0.410 e. The fourth-order valence-electron chi connectivity index (χ4n) is 5.59. The molecule has 0 bridgehead atoms. The number of piperidine rings is 2. The van der Waals surface area contributed by atoms with Gasteiger partial charge in [0.15, 0.2) is 0 Å². The molecule has 1 aromatic heterocycles. The van der Waals surface area contributed by atoms with Gasteiger partial charge in [-0.3, -0.25) is 19.4 Å². The van der Waals surface area contributed by atoms with Gasteiger partial charge in [0.25, 0.3) is 0 Å². The van der Waals surface area contributed by atoms with Crippen molar-refractivity contribution in [3.05, 3.63) is 24.0 Å². The third-order valence-corrected chi connectivity index (χ3v) is 7.77. The number of esters is 1. The van der Waals surface area contributed by atoms with Crippen molar-refractivity contribution in [2.75, 3.05) is 39.5 Å². The van der Waals surface area contributed by atoms with E-state index in [1.807, 2.05) is 20.8 Å². The molecule has 3 amide bonds. The topological polar surface area (TPSA) is 127 Å². The Labute approximate surface area is 266 Å². The molecule has 2 atom stereocenters. The number of nitrogens with one attached hydrogen (secondary N) is 1. The molecule has 3 rings (SSSR count). The Morgan fingerprint density at radius 2 is 1.67 bits per heavy atom. The highest BCUT2D eigenvalue weighted by atomic mass is 19.1. The molecule has 1 N–H and O–H groups in total. The molecule has 0 saturated carbocycles. The summed E-state index contributed by atoms with van der Waals surface area (Å²) in [7, 11) is 0. The molecule has 12 heteroatoms. The third-order valence-electron chi connectivity index (χ3n) is 7.77. The minimum Gasteiger partial charge on any atom is -0.489 e. The summed E-state index contributed by atoms with van der Waals surface area (Å²) in [4.78, 5) is 59.4. The molecule has 0 aromatic carbocycles. The van der Waals surface area contributed by atoms with E-state index >= 15 is 0 Å². The van der Waals surface area contributed by atoms with Gasteiger partial charge < -0.3 is 29.3 Å². The second-order valence-electron chi connectivity index (χ2n) is 14.0. The molecule has 2 aliphatic rings. The fourth-order valence-corrected chi connectivity index (χ4v) is 5.59. The molecule has 3 heterocycles. The maximum Gasteiger partial charge on any atom is 0.410 e. The van der Waals surface area contributed by atoms with Gasteiger partial charge in [-0.05, 0) is 91.2 Å². The minimum atomic E-state index is -0.744. The van der Waals surface area contributed by atoms with Crippen LogP contribution in [0.3, 0.4) is 0 Å². The van der Waals surface area contributed by atoms with E-state index in [2.05, 4.69) is 10.3 Å². The summed E-state index contributed by atoms with van der Waals surface area (Å²) >= 11 is 0. The average Bonchev–Trinajstić information content (AvgIpc) is 2.97. The van der Waals surface area contributed by atoms with Crippen molar-refractivity contribution in [1.82, 2.24) is 20.1 Å². The van der Waals surface area contributed by atoms with Crippen molar-refractivity contribution in [3.8, 4) is 5.75 Å². The van der Waals surface area contributed by atoms with Crippen LogP contribution in [0, 0.1) is 11.8 Å². The van der Waals surface area contributed by atoms with E-state index in [4.69, 9.17) is 14.2 Å². The second kappa shape index (κ2) is 16.2. The van der Waals surface area contributed by atoms with Crippen molar-refractivity contribution in [3.63, 3.8) is 0 Å². The highest BCUT2D eigenvalue weighted by molar-refractivity contribution is 5.82. The summed E-state index contributed by atoms with van der Waals surface area (Å²) in [5, 5.41) is 2.98. The summed E-state index contributed by atoms with van der Waals surface area (Å²) in [5.41, 5.74) is -0.696. The van der Waals surface area contributed by atoms with Gasteiger partial charge in [-0.25, -0.2) is 9.18 Å². The van der Waals surface area contributed by atoms with Crippen molar-refractivity contribution < 1.29 is 37.8 Å². The number of likely N-dealkylation sites (tertiary alicyclic amines) is 2. The first-order valence-corrected chi connectivity index (χ1v) is 16.0. The van der Waals surface area contributed by atoms with E-state index in [-0.39, 0.29) is 30.9 Å². The van der Waals surface area contributed by atoms with Crippen LogP contribution in [0.25, 0.3) is 0 Å². The number of ether oxygens (including phenoxy) is 3. The Bertz CT molecular complexity index is 1160. The number of aromatic nitrogens is 1. The molecule has 11 nitrogen and oxygen atoms in total. The average molecular weight is 635 g/mol. The van der Waals surface area contributed by atoms with Crippen LogP contribution in [-0.4, -0.2) is 89.3 Å². The molecule has 0 unspecified atom stereocenters. The van der Waals surface area contributed by atoms with E-state index in [1.54, 1.807) is 36.6 Å². The number of amides is 3. The molecule has 2 fully saturated rings. The van der Waals surface area contributed by atoms with Gasteiger partial charge in [0, 0.05) is 38.8 Å². The van der Waals surface area contributed by atoms with Crippen LogP contribution in [0.15, 0.2) is 18.5 Å². The molecule has 0 aliphatic carbocycles. The number of alkyl halides is 1. The van der Waals surface area contributed by atoms with Crippen LogP contribution in [0.1, 0.15) is 98.1 Å². The summed E-state index contributed by atoms with van der Waals surface area (Å²) in [5.74, 6) is -0.470. The monoisotopic (exact) mass is 634 g/mol. The Hall–Kier alpha value is -3.44. The summed E-state index contributed by atoms with van der Waals surface area (Å²) in [6, 6.07) is 0.888. The molecular formula is C33H51FN4O7. The molecule has 1 aromatic rings. The van der Waals surface area contributed by atoms with Gasteiger partial charge in [0.05, 0.1) is 24.6 Å². The standard InChI is InChI=1S/C33H51FN4O7/c1-32(2,3)44-29(40)19-27(25-18-26(21-35-20-25)43-17-13-34)36-30(41)24-8-7-14-38(22-24)28(39)10-9-23-11-15-37(16-12-23)31(42)45-33(4,5)6/h18,20-21,23-24,27H,7-17,19,22H2,1-6H3,(H,36,41)/t24-,27+/m1/s1. The lowest BCUT2D eigenvalue weighted by Crippen LogP contribution is -2.46. The Morgan fingerprint density at radius 1 is 0.978 bits per heavy atom. The molecule has 2 saturated heterocycles. The van der Waals surface area contributed by atoms with Gasteiger partial charge in [-0.15, -0.1) is 0 Å².